The molecule has 0 saturated heterocycles. The maximum Gasteiger partial charge on any atom is 0.220 e. The lowest BCUT2D eigenvalue weighted by Gasteiger charge is -2.23. The molecule has 1 aromatic heterocycles. The van der Waals surface area contributed by atoms with Crippen molar-refractivity contribution in [3.05, 3.63) is 17.6 Å². The molecule has 0 N–H and O–H groups in total. The van der Waals surface area contributed by atoms with E-state index in [0.29, 0.717) is 5.92 Å². The molecule has 0 spiro atoms. The number of methoxy groups -OCH3 is 1. The molecule has 0 atom stereocenters. The second-order valence-corrected chi connectivity index (χ2v) is 5.07. The van der Waals surface area contributed by atoms with Crippen LogP contribution in [0.15, 0.2) is 6.33 Å². The van der Waals surface area contributed by atoms with Gasteiger partial charge in [-0.1, -0.05) is 20.8 Å². The van der Waals surface area contributed by atoms with Crippen LogP contribution in [0.4, 0.5) is 0 Å². The third-order valence-corrected chi connectivity index (χ3v) is 2.65. The predicted molar refractivity (Wildman–Crippen MR) is 59.3 cm³/mol. The van der Waals surface area contributed by atoms with Gasteiger partial charge in [-0.2, -0.15) is 0 Å². The van der Waals surface area contributed by atoms with Crippen molar-refractivity contribution in [3.8, 4) is 5.88 Å². The zero-order valence-corrected chi connectivity index (χ0v) is 9.37. The van der Waals surface area contributed by atoms with E-state index in [4.69, 9.17) is 8.85 Å². The molecule has 0 aromatic carbocycles. The van der Waals surface area contributed by atoms with Crippen LogP contribution in [-0.4, -0.2) is 17.0 Å². The van der Waals surface area contributed by atoms with Crippen LogP contribution in [0.2, 0.25) is 0 Å². The summed E-state index contributed by atoms with van der Waals surface area (Å²) in [7, 11) is -2.48. The van der Waals surface area contributed by atoms with Crippen LogP contribution < -0.4 is 4.74 Å². The highest BCUT2D eigenvalue weighted by Crippen LogP contribution is 2.45. The smallest absolute Gasteiger partial charge is 0.220 e. The monoisotopic (exact) mass is 209 g/mol. The van der Waals surface area contributed by atoms with Crippen LogP contribution in [0.3, 0.4) is 0 Å². The van der Waals surface area contributed by atoms with Gasteiger partial charge in [0.05, 0.1) is 16.8 Å². The zero-order chi connectivity index (χ0) is 13.6. The van der Waals surface area contributed by atoms with Gasteiger partial charge in [0, 0.05) is 11.5 Å². The Morgan fingerprint density at radius 2 is 2.13 bits per heavy atom. The van der Waals surface area contributed by atoms with Crippen molar-refractivity contribution in [1.29, 1.82) is 0 Å². The summed E-state index contributed by atoms with van der Waals surface area (Å²) in [5.41, 5.74) is 1.53. The Hall–Kier alpha value is -1.12. The van der Waals surface area contributed by atoms with Gasteiger partial charge >= 0.3 is 0 Å². The number of aromatic nitrogens is 2. The Bertz CT molecular complexity index is 448. The molecule has 1 aliphatic rings. The molecule has 1 saturated carbocycles. The lowest BCUT2D eigenvalue weighted by molar-refractivity contribution is 0.377. The molecule has 0 radical (unpaired) electrons. The molecule has 82 valence electrons. The summed E-state index contributed by atoms with van der Waals surface area (Å²) in [6.07, 6.45) is 3.60. The van der Waals surface area contributed by atoms with Crippen LogP contribution in [0.5, 0.6) is 5.88 Å². The zero-order valence-electron chi connectivity index (χ0n) is 12.4. The van der Waals surface area contributed by atoms with E-state index >= 15 is 0 Å². The van der Waals surface area contributed by atoms with E-state index in [0.717, 1.165) is 24.1 Å². The molecule has 0 unspecified atom stereocenters. The number of nitrogens with zero attached hydrogens (tertiary/aromatic N) is 2. The molecule has 0 aliphatic heterocycles. The molecule has 15 heavy (non-hydrogen) atoms. The fourth-order valence-corrected chi connectivity index (χ4v) is 1.83. The van der Waals surface area contributed by atoms with Crippen LogP contribution >= 0.6 is 0 Å². The summed E-state index contributed by atoms with van der Waals surface area (Å²) in [4.78, 5) is 8.33. The molecule has 1 fully saturated rings. The number of rotatable bonds is 2. The van der Waals surface area contributed by atoms with Gasteiger partial charge in [0.1, 0.15) is 6.33 Å². The normalized spacial score (nSPS) is 20.3. The SMILES string of the molecule is [2H]C([2H])([2H])Oc1ncnc(C2CC2)c1C(C)(C)C. The molecule has 1 aliphatic carbocycles. The van der Waals surface area contributed by atoms with Crippen molar-refractivity contribution in [2.24, 2.45) is 0 Å². The largest absolute Gasteiger partial charge is 0.481 e. The molecular formula is C12H18N2O. The van der Waals surface area contributed by atoms with E-state index in [-0.39, 0.29) is 11.3 Å². The van der Waals surface area contributed by atoms with Gasteiger partial charge in [-0.05, 0) is 18.3 Å². The molecule has 2 rings (SSSR count). The lowest BCUT2D eigenvalue weighted by Crippen LogP contribution is -2.17. The summed E-state index contributed by atoms with van der Waals surface area (Å²) in [5, 5.41) is 0. The van der Waals surface area contributed by atoms with Gasteiger partial charge in [-0.15, -0.1) is 0 Å². The Kier molecular flexibility index (Phi) is 1.67. The van der Waals surface area contributed by atoms with Crippen molar-refractivity contribution in [2.45, 2.75) is 44.9 Å². The lowest BCUT2D eigenvalue weighted by atomic mass is 9.85. The first-order valence-corrected chi connectivity index (χ1v) is 5.23. The molecule has 0 bridgehead atoms. The van der Waals surface area contributed by atoms with Crippen LogP contribution in [0.25, 0.3) is 0 Å². The van der Waals surface area contributed by atoms with Gasteiger partial charge in [-0.25, -0.2) is 9.97 Å². The van der Waals surface area contributed by atoms with E-state index < -0.39 is 7.04 Å². The first kappa shape index (κ1) is 7.20. The Morgan fingerprint density at radius 3 is 2.67 bits per heavy atom. The minimum atomic E-state index is -2.48. The number of hydrogen-bond acceptors (Lipinski definition) is 3. The second-order valence-electron chi connectivity index (χ2n) is 5.07. The summed E-state index contributed by atoms with van der Waals surface area (Å²) < 4.78 is 26.7. The number of ether oxygens (including phenoxy) is 1. The van der Waals surface area contributed by atoms with E-state index in [1.54, 1.807) is 0 Å². The van der Waals surface area contributed by atoms with Gasteiger partial charge < -0.3 is 4.74 Å². The molecule has 3 nitrogen and oxygen atoms in total. The predicted octanol–water partition coefficient (Wildman–Crippen LogP) is 2.66. The molecule has 3 heteroatoms. The summed E-state index contributed by atoms with van der Waals surface area (Å²) in [5.74, 6) is 0.626. The minimum Gasteiger partial charge on any atom is -0.481 e. The standard InChI is InChI=1S/C12H18N2O/c1-12(2,3)9-10(8-5-6-8)13-7-14-11(9)15-4/h7-8H,5-6H2,1-4H3/i4D3. The Labute approximate surface area is 95.1 Å². The van der Waals surface area contributed by atoms with Crippen LogP contribution in [0.1, 0.15) is 54.9 Å². The second kappa shape index (κ2) is 3.47. The summed E-state index contributed by atoms with van der Waals surface area (Å²) in [6, 6.07) is 0. The Balaban J connectivity index is 2.48. The molecule has 0 amide bonds. The first-order valence-electron chi connectivity index (χ1n) is 6.73. The average molecular weight is 209 g/mol. The maximum absolute atomic E-state index is 7.21. The van der Waals surface area contributed by atoms with E-state index in [1.165, 1.54) is 6.33 Å². The van der Waals surface area contributed by atoms with Crippen molar-refractivity contribution >= 4 is 0 Å². The summed E-state index contributed by atoms with van der Waals surface area (Å²) >= 11 is 0. The van der Waals surface area contributed by atoms with Gasteiger partial charge in [-0.3, -0.25) is 0 Å². The van der Waals surface area contributed by atoms with E-state index in [1.807, 2.05) is 20.8 Å². The average Bonchev–Trinajstić information content (AvgIpc) is 2.95. The number of hydrogen-bond donors (Lipinski definition) is 0. The maximum atomic E-state index is 7.21. The third kappa shape index (κ3) is 1.96. The van der Waals surface area contributed by atoms with Gasteiger partial charge in [0.2, 0.25) is 5.88 Å². The van der Waals surface area contributed by atoms with Crippen molar-refractivity contribution < 1.29 is 8.85 Å². The molecular weight excluding hydrogens is 188 g/mol. The third-order valence-electron chi connectivity index (χ3n) is 2.65. The fraction of sp³-hybridized carbons (Fsp3) is 0.667. The minimum absolute atomic E-state index is 0.194. The first-order chi connectivity index (χ1) is 8.18. The molecule has 1 aromatic rings. The van der Waals surface area contributed by atoms with Crippen molar-refractivity contribution in [1.82, 2.24) is 9.97 Å². The Morgan fingerprint density at radius 1 is 1.40 bits per heavy atom. The quantitative estimate of drug-likeness (QED) is 0.751. The summed E-state index contributed by atoms with van der Waals surface area (Å²) in [6.45, 7) is 6.05. The van der Waals surface area contributed by atoms with Crippen LogP contribution in [0, 0.1) is 0 Å². The fourth-order valence-electron chi connectivity index (χ4n) is 1.83. The highest BCUT2D eigenvalue weighted by Gasteiger charge is 2.33. The van der Waals surface area contributed by atoms with E-state index in [9.17, 15) is 0 Å². The van der Waals surface area contributed by atoms with E-state index in [2.05, 4.69) is 9.97 Å². The highest BCUT2D eigenvalue weighted by atomic mass is 16.5. The van der Waals surface area contributed by atoms with Crippen molar-refractivity contribution in [2.75, 3.05) is 7.04 Å². The topological polar surface area (TPSA) is 35.0 Å². The van der Waals surface area contributed by atoms with Crippen LogP contribution in [-0.2, 0) is 5.41 Å². The van der Waals surface area contributed by atoms with Gasteiger partial charge in [0.25, 0.3) is 0 Å². The molecule has 1 heterocycles. The van der Waals surface area contributed by atoms with Crippen molar-refractivity contribution in [3.63, 3.8) is 0 Å². The highest BCUT2D eigenvalue weighted by molar-refractivity contribution is 5.39. The van der Waals surface area contributed by atoms with Gasteiger partial charge in [0.15, 0.2) is 0 Å².